The second kappa shape index (κ2) is 20.3. The van der Waals surface area contributed by atoms with Gasteiger partial charge in [0, 0.05) is 24.0 Å². The molecule has 1 unspecified atom stereocenters. The van der Waals surface area contributed by atoms with Gasteiger partial charge in [-0.2, -0.15) is 0 Å². The number of carbonyl (C=O) groups excluding carboxylic acids is 3. The van der Waals surface area contributed by atoms with E-state index in [0.29, 0.717) is 41.9 Å². The number of benzene rings is 1. The lowest BCUT2D eigenvalue weighted by Crippen LogP contribution is -2.39. The molecular formula is C37H58O6. The number of methoxy groups -OCH3 is 1. The van der Waals surface area contributed by atoms with Crippen molar-refractivity contribution in [1.82, 2.24) is 0 Å². The molecule has 2 rings (SSSR count). The molecule has 0 aromatic heterocycles. The van der Waals surface area contributed by atoms with Gasteiger partial charge in [0.05, 0.1) is 12.7 Å². The number of aldehydes is 1. The third kappa shape index (κ3) is 13.7. The topological polar surface area (TPSA) is 78.9 Å². The lowest BCUT2D eigenvalue weighted by Gasteiger charge is -2.37. The van der Waals surface area contributed by atoms with Gasteiger partial charge in [0.2, 0.25) is 0 Å². The van der Waals surface area contributed by atoms with Crippen molar-refractivity contribution in [2.75, 3.05) is 7.11 Å². The van der Waals surface area contributed by atoms with Crippen LogP contribution < -0.4 is 9.47 Å². The van der Waals surface area contributed by atoms with Gasteiger partial charge in [-0.05, 0) is 52.2 Å². The molecule has 1 aliphatic rings. The first kappa shape index (κ1) is 36.6. The van der Waals surface area contributed by atoms with E-state index in [1.807, 2.05) is 20.8 Å². The van der Waals surface area contributed by atoms with Crippen LogP contribution in [0.3, 0.4) is 0 Å². The van der Waals surface area contributed by atoms with Crippen LogP contribution in [0.25, 0.3) is 0 Å². The average molecular weight is 599 g/mol. The van der Waals surface area contributed by atoms with E-state index in [-0.39, 0.29) is 24.8 Å². The number of hydrogen-bond donors (Lipinski definition) is 0. The zero-order valence-corrected chi connectivity index (χ0v) is 27.8. The van der Waals surface area contributed by atoms with Crippen molar-refractivity contribution in [1.29, 1.82) is 0 Å². The highest BCUT2D eigenvalue weighted by Crippen LogP contribution is 2.43. The summed E-state index contributed by atoms with van der Waals surface area (Å²) in [4.78, 5) is 37.2. The summed E-state index contributed by atoms with van der Waals surface area (Å²) in [6.45, 7) is 7.92. The molecule has 43 heavy (non-hydrogen) atoms. The molecule has 0 N–H and O–H groups in total. The molecule has 0 saturated heterocycles. The quantitative estimate of drug-likeness (QED) is 0.0540. The lowest BCUT2D eigenvalue weighted by atomic mass is 9.86. The van der Waals surface area contributed by atoms with Gasteiger partial charge in [-0.15, -0.1) is 0 Å². The Hall–Kier alpha value is -2.63. The minimum atomic E-state index is -0.734. The van der Waals surface area contributed by atoms with Gasteiger partial charge in [0.25, 0.3) is 0 Å². The Morgan fingerprint density at radius 2 is 1.47 bits per heavy atom. The van der Waals surface area contributed by atoms with Crippen LogP contribution in [-0.2, 0) is 27.4 Å². The standard InChI is InChI=1S/C37H58O6/c1-6-7-8-9-10-11-12-13-14-15-16-17-18-19-20-21-35(40)42-28-30-25-34(41-5)32-22-23-37(4,26-31(39)24-29(2)3)43-36(32)33(30)27-38/h24-25,27H,6-23,26,28H2,1-5H3. The number of rotatable bonds is 23. The van der Waals surface area contributed by atoms with Crippen LogP contribution in [0.5, 0.6) is 11.5 Å². The van der Waals surface area contributed by atoms with Gasteiger partial charge in [-0.3, -0.25) is 14.4 Å². The molecule has 0 aliphatic carbocycles. The maximum Gasteiger partial charge on any atom is 0.306 e. The molecule has 6 heteroatoms. The molecule has 242 valence electrons. The van der Waals surface area contributed by atoms with Crippen LogP contribution in [0.15, 0.2) is 17.7 Å². The van der Waals surface area contributed by atoms with Crippen LogP contribution in [0, 0.1) is 0 Å². The van der Waals surface area contributed by atoms with Crippen molar-refractivity contribution in [2.24, 2.45) is 0 Å². The third-order valence-electron chi connectivity index (χ3n) is 8.43. The van der Waals surface area contributed by atoms with Gasteiger partial charge in [0.1, 0.15) is 23.7 Å². The molecule has 0 spiro atoms. The molecule has 1 aromatic rings. The van der Waals surface area contributed by atoms with E-state index < -0.39 is 5.60 Å². The Morgan fingerprint density at radius 3 is 1.98 bits per heavy atom. The molecule has 6 nitrogen and oxygen atoms in total. The normalized spacial score (nSPS) is 15.7. The second-order valence-electron chi connectivity index (χ2n) is 12.9. The molecular weight excluding hydrogens is 540 g/mol. The average Bonchev–Trinajstić information content (AvgIpc) is 2.96. The zero-order valence-electron chi connectivity index (χ0n) is 27.8. The largest absolute Gasteiger partial charge is 0.496 e. The number of carbonyl (C=O) groups is 3. The first-order valence-corrected chi connectivity index (χ1v) is 16.9. The molecule has 1 atom stereocenters. The van der Waals surface area contributed by atoms with Crippen molar-refractivity contribution in [3.63, 3.8) is 0 Å². The molecule has 1 heterocycles. The fourth-order valence-electron chi connectivity index (χ4n) is 5.95. The van der Waals surface area contributed by atoms with Gasteiger partial charge in [-0.1, -0.05) is 102 Å². The summed E-state index contributed by atoms with van der Waals surface area (Å²) in [5.41, 5.74) is 1.92. The summed E-state index contributed by atoms with van der Waals surface area (Å²) in [7, 11) is 1.58. The maximum absolute atomic E-state index is 12.5. The molecule has 0 amide bonds. The van der Waals surface area contributed by atoms with E-state index in [2.05, 4.69) is 6.92 Å². The third-order valence-corrected chi connectivity index (χ3v) is 8.43. The van der Waals surface area contributed by atoms with Gasteiger partial charge < -0.3 is 14.2 Å². The van der Waals surface area contributed by atoms with E-state index in [4.69, 9.17) is 14.2 Å². The summed E-state index contributed by atoms with van der Waals surface area (Å²) in [6, 6.07) is 1.77. The van der Waals surface area contributed by atoms with Crippen molar-refractivity contribution in [3.8, 4) is 11.5 Å². The van der Waals surface area contributed by atoms with Gasteiger partial charge in [-0.25, -0.2) is 0 Å². The first-order valence-electron chi connectivity index (χ1n) is 16.9. The Bertz CT molecular complexity index is 1040. The van der Waals surface area contributed by atoms with Crippen LogP contribution in [0.2, 0.25) is 0 Å². The van der Waals surface area contributed by atoms with E-state index in [9.17, 15) is 14.4 Å². The van der Waals surface area contributed by atoms with Crippen LogP contribution in [0.4, 0.5) is 0 Å². The second-order valence-corrected chi connectivity index (χ2v) is 12.9. The summed E-state index contributed by atoms with van der Waals surface area (Å²) in [5, 5.41) is 0. The van der Waals surface area contributed by atoms with Crippen LogP contribution >= 0.6 is 0 Å². The lowest BCUT2D eigenvalue weighted by molar-refractivity contribution is -0.145. The van der Waals surface area contributed by atoms with E-state index in [0.717, 1.165) is 36.7 Å². The summed E-state index contributed by atoms with van der Waals surface area (Å²) < 4.78 is 17.5. The van der Waals surface area contributed by atoms with E-state index in [1.165, 1.54) is 77.0 Å². The van der Waals surface area contributed by atoms with Crippen molar-refractivity contribution in [2.45, 2.75) is 162 Å². The molecule has 0 radical (unpaired) electrons. The minimum Gasteiger partial charge on any atom is -0.496 e. The molecule has 0 fully saturated rings. The summed E-state index contributed by atoms with van der Waals surface area (Å²) in [5.74, 6) is 0.768. The Morgan fingerprint density at radius 1 is 0.907 bits per heavy atom. The number of ether oxygens (including phenoxy) is 3. The first-order chi connectivity index (χ1) is 20.7. The fraction of sp³-hybridized carbons (Fsp3) is 0.703. The van der Waals surface area contributed by atoms with Gasteiger partial charge in [0.15, 0.2) is 12.1 Å². The monoisotopic (exact) mass is 598 g/mol. The maximum atomic E-state index is 12.5. The van der Waals surface area contributed by atoms with Gasteiger partial charge >= 0.3 is 5.97 Å². The number of allylic oxidation sites excluding steroid dienone is 2. The highest BCUT2D eigenvalue weighted by atomic mass is 16.5. The molecule has 0 saturated carbocycles. The molecule has 1 aliphatic heterocycles. The zero-order chi connectivity index (χ0) is 31.5. The highest BCUT2D eigenvalue weighted by Gasteiger charge is 2.37. The number of esters is 1. The van der Waals surface area contributed by atoms with Crippen LogP contribution in [-0.4, -0.2) is 30.7 Å². The predicted molar refractivity (Wildman–Crippen MR) is 174 cm³/mol. The van der Waals surface area contributed by atoms with E-state index >= 15 is 0 Å². The minimum absolute atomic E-state index is 0.00513. The molecule has 1 aromatic carbocycles. The Balaban J connectivity index is 1.73. The fourth-order valence-corrected chi connectivity index (χ4v) is 5.95. The number of ketones is 1. The predicted octanol–water partition coefficient (Wildman–Crippen LogP) is 9.82. The Labute approximate surface area is 261 Å². The van der Waals surface area contributed by atoms with Crippen molar-refractivity contribution < 1.29 is 28.6 Å². The smallest absolute Gasteiger partial charge is 0.306 e. The van der Waals surface area contributed by atoms with Crippen LogP contribution in [0.1, 0.15) is 165 Å². The summed E-state index contributed by atoms with van der Waals surface area (Å²) in [6.07, 6.45) is 23.4. The van der Waals surface area contributed by atoms with Crippen molar-refractivity contribution >= 4 is 18.0 Å². The number of fused-ring (bicyclic) bond motifs is 1. The Kier molecular flexibility index (Phi) is 17.3. The number of unbranched alkanes of at least 4 members (excludes halogenated alkanes) is 14. The van der Waals surface area contributed by atoms with Crippen molar-refractivity contribution in [3.05, 3.63) is 34.4 Å². The highest BCUT2D eigenvalue weighted by molar-refractivity contribution is 5.91. The van der Waals surface area contributed by atoms with E-state index in [1.54, 1.807) is 19.3 Å². The molecule has 0 bridgehead atoms. The SMILES string of the molecule is CCCCCCCCCCCCCCCCCC(=O)OCc1cc(OC)c2c(c1C=O)OC(C)(CC(=O)C=C(C)C)CC2. The summed E-state index contributed by atoms with van der Waals surface area (Å²) >= 11 is 0. The number of hydrogen-bond acceptors (Lipinski definition) is 6.